The minimum Gasteiger partial charge on any atom is -0.369 e. The van der Waals surface area contributed by atoms with Gasteiger partial charge in [-0.3, -0.25) is 0 Å². The lowest BCUT2D eigenvalue weighted by Gasteiger charge is -2.35. The Hall–Kier alpha value is -1.56. The molecule has 0 spiro atoms. The molecule has 1 saturated heterocycles. The Morgan fingerprint density at radius 3 is 2.17 bits per heavy atom. The minimum atomic E-state index is -3.53. The highest BCUT2D eigenvalue weighted by atomic mass is 35.5. The second kappa shape index (κ2) is 7.13. The van der Waals surface area contributed by atoms with Crippen molar-refractivity contribution in [2.75, 3.05) is 31.1 Å². The van der Waals surface area contributed by atoms with E-state index < -0.39 is 10.0 Å². The molecule has 0 saturated carbocycles. The van der Waals surface area contributed by atoms with Crippen molar-refractivity contribution >= 4 is 27.3 Å². The van der Waals surface area contributed by atoms with E-state index in [1.54, 1.807) is 24.3 Å². The zero-order valence-corrected chi connectivity index (χ0v) is 15.2. The van der Waals surface area contributed by atoms with Gasteiger partial charge in [-0.15, -0.1) is 0 Å². The molecular formula is C18H21ClN2O2S. The molecule has 0 amide bonds. The first-order valence-electron chi connectivity index (χ1n) is 8.11. The summed E-state index contributed by atoms with van der Waals surface area (Å²) in [5, 5.41) is 0.273. The van der Waals surface area contributed by atoms with E-state index in [1.165, 1.54) is 9.87 Å². The minimum absolute atomic E-state index is 0.187. The summed E-state index contributed by atoms with van der Waals surface area (Å²) in [6.07, 6.45) is 1.02. The Balaban J connectivity index is 1.71. The standard InChI is InChI=1S/C18H21ClN2O2S/c1-2-15-7-9-16(10-8-15)20-11-13-21(14-12-20)24(22,23)18-6-4-3-5-17(18)19/h3-10H,2,11-14H2,1H3. The van der Waals surface area contributed by atoms with Crippen molar-refractivity contribution in [1.82, 2.24) is 4.31 Å². The molecule has 128 valence electrons. The number of aryl methyl sites for hydroxylation is 1. The summed E-state index contributed by atoms with van der Waals surface area (Å²) in [4.78, 5) is 2.41. The maximum Gasteiger partial charge on any atom is 0.244 e. The number of rotatable bonds is 4. The predicted molar refractivity (Wildman–Crippen MR) is 98.2 cm³/mol. The van der Waals surface area contributed by atoms with Crippen molar-refractivity contribution in [3.63, 3.8) is 0 Å². The number of hydrogen-bond acceptors (Lipinski definition) is 3. The third kappa shape index (κ3) is 3.43. The average Bonchev–Trinajstić information content (AvgIpc) is 2.62. The number of anilines is 1. The van der Waals surface area contributed by atoms with Gasteiger partial charge in [-0.2, -0.15) is 4.31 Å². The summed E-state index contributed by atoms with van der Waals surface area (Å²) in [6, 6.07) is 15.1. The maximum absolute atomic E-state index is 12.8. The number of hydrogen-bond donors (Lipinski definition) is 0. The van der Waals surface area contributed by atoms with Crippen LogP contribution in [0.5, 0.6) is 0 Å². The van der Waals surface area contributed by atoms with E-state index in [-0.39, 0.29) is 9.92 Å². The number of piperazine rings is 1. The fourth-order valence-corrected chi connectivity index (χ4v) is 4.84. The van der Waals surface area contributed by atoms with Crippen molar-refractivity contribution in [2.24, 2.45) is 0 Å². The third-order valence-corrected chi connectivity index (χ3v) is 6.80. The van der Waals surface area contributed by atoms with Crippen LogP contribution in [0.1, 0.15) is 12.5 Å². The van der Waals surface area contributed by atoms with Crippen molar-refractivity contribution in [2.45, 2.75) is 18.2 Å². The molecule has 0 atom stereocenters. The lowest BCUT2D eigenvalue weighted by molar-refractivity contribution is 0.385. The number of nitrogens with zero attached hydrogens (tertiary/aromatic N) is 2. The van der Waals surface area contributed by atoms with E-state index >= 15 is 0 Å². The average molecular weight is 365 g/mol. The normalized spacial score (nSPS) is 16.3. The summed E-state index contributed by atoms with van der Waals surface area (Å²) in [6.45, 7) is 4.41. The third-order valence-electron chi connectivity index (χ3n) is 4.40. The molecule has 1 heterocycles. The fraction of sp³-hybridized carbons (Fsp3) is 0.333. The lowest BCUT2D eigenvalue weighted by Crippen LogP contribution is -2.48. The van der Waals surface area contributed by atoms with Crippen LogP contribution in [0.25, 0.3) is 0 Å². The number of sulfonamides is 1. The summed E-state index contributed by atoms with van der Waals surface area (Å²) in [5.41, 5.74) is 2.45. The van der Waals surface area contributed by atoms with E-state index in [4.69, 9.17) is 11.6 Å². The van der Waals surface area contributed by atoms with Gasteiger partial charge in [0.25, 0.3) is 0 Å². The fourth-order valence-electron chi connectivity index (χ4n) is 2.92. The van der Waals surface area contributed by atoms with E-state index in [1.807, 2.05) is 0 Å². The molecule has 2 aromatic rings. The number of halogens is 1. The number of benzene rings is 2. The van der Waals surface area contributed by atoms with Crippen molar-refractivity contribution in [3.8, 4) is 0 Å². The van der Waals surface area contributed by atoms with Gasteiger partial charge in [0.2, 0.25) is 10.0 Å². The van der Waals surface area contributed by atoms with Crippen LogP contribution in [-0.2, 0) is 16.4 Å². The Morgan fingerprint density at radius 2 is 1.58 bits per heavy atom. The van der Waals surface area contributed by atoms with Crippen LogP contribution in [0.4, 0.5) is 5.69 Å². The SMILES string of the molecule is CCc1ccc(N2CCN(S(=O)(=O)c3ccccc3Cl)CC2)cc1. The van der Waals surface area contributed by atoms with Crippen LogP contribution in [0.3, 0.4) is 0 Å². The van der Waals surface area contributed by atoms with E-state index in [0.717, 1.165) is 12.1 Å². The Bertz CT molecular complexity index is 798. The first kappa shape index (κ1) is 17.3. The Labute approximate surface area is 148 Å². The summed E-state index contributed by atoms with van der Waals surface area (Å²) >= 11 is 6.06. The van der Waals surface area contributed by atoms with Gasteiger partial charge in [-0.25, -0.2) is 8.42 Å². The largest absolute Gasteiger partial charge is 0.369 e. The van der Waals surface area contributed by atoms with E-state index in [2.05, 4.69) is 36.1 Å². The smallest absolute Gasteiger partial charge is 0.244 e. The topological polar surface area (TPSA) is 40.6 Å². The van der Waals surface area contributed by atoms with Crippen molar-refractivity contribution in [1.29, 1.82) is 0 Å². The molecule has 0 aromatic heterocycles. The highest BCUT2D eigenvalue weighted by Gasteiger charge is 2.29. The van der Waals surface area contributed by atoms with Gasteiger partial charge in [0.15, 0.2) is 0 Å². The molecule has 1 aliphatic rings. The lowest BCUT2D eigenvalue weighted by atomic mass is 10.1. The highest BCUT2D eigenvalue weighted by Crippen LogP contribution is 2.26. The molecule has 4 nitrogen and oxygen atoms in total. The van der Waals surface area contributed by atoms with Crippen LogP contribution in [-0.4, -0.2) is 38.9 Å². The summed E-state index contributed by atoms with van der Waals surface area (Å²) < 4.78 is 27.0. The zero-order valence-electron chi connectivity index (χ0n) is 13.7. The van der Waals surface area contributed by atoms with Gasteiger partial charge >= 0.3 is 0 Å². The molecule has 3 rings (SSSR count). The Morgan fingerprint density at radius 1 is 0.958 bits per heavy atom. The molecule has 0 radical (unpaired) electrons. The van der Waals surface area contributed by atoms with Gasteiger partial charge in [0, 0.05) is 31.9 Å². The molecular weight excluding hydrogens is 344 g/mol. The molecule has 0 aliphatic carbocycles. The molecule has 0 N–H and O–H groups in total. The second-order valence-corrected chi connectivity index (χ2v) is 8.16. The molecule has 0 bridgehead atoms. The highest BCUT2D eigenvalue weighted by molar-refractivity contribution is 7.89. The van der Waals surface area contributed by atoms with Crippen LogP contribution >= 0.6 is 11.6 Å². The van der Waals surface area contributed by atoms with Gasteiger partial charge in [-0.1, -0.05) is 42.8 Å². The van der Waals surface area contributed by atoms with Crippen LogP contribution in [0.2, 0.25) is 5.02 Å². The second-order valence-electron chi connectivity index (χ2n) is 5.84. The monoisotopic (exact) mass is 364 g/mol. The van der Waals surface area contributed by atoms with Gasteiger partial charge < -0.3 is 4.90 Å². The van der Waals surface area contributed by atoms with Gasteiger partial charge in [0.1, 0.15) is 4.90 Å². The molecule has 0 unspecified atom stereocenters. The van der Waals surface area contributed by atoms with E-state index in [9.17, 15) is 8.42 Å². The molecule has 2 aromatic carbocycles. The zero-order chi connectivity index (χ0) is 17.2. The quantitative estimate of drug-likeness (QED) is 0.834. The molecule has 24 heavy (non-hydrogen) atoms. The van der Waals surface area contributed by atoms with Crippen molar-refractivity contribution < 1.29 is 8.42 Å². The summed E-state index contributed by atoms with van der Waals surface area (Å²) in [5.74, 6) is 0. The van der Waals surface area contributed by atoms with E-state index in [0.29, 0.717) is 26.2 Å². The van der Waals surface area contributed by atoms with Crippen molar-refractivity contribution in [3.05, 3.63) is 59.1 Å². The van der Waals surface area contributed by atoms with Crippen LogP contribution < -0.4 is 4.90 Å². The molecule has 6 heteroatoms. The Kier molecular flexibility index (Phi) is 5.13. The first-order valence-corrected chi connectivity index (χ1v) is 9.92. The first-order chi connectivity index (χ1) is 11.5. The molecule has 1 fully saturated rings. The summed E-state index contributed by atoms with van der Waals surface area (Å²) in [7, 11) is -3.53. The molecule has 1 aliphatic heterocycles. The van der Waals surface area contributed by atoms with Gasteiger partial charge in [0.05, 0.1) is 5.02 Å². The predicted octanol–water partition coefficient (Wildman–Crippen LogP) is 3.41. The van der Waals surface area contributed by atoms with Crippen LogP contribution in [0.15, 0.2) is 53.4 Å². The van der Waals surface area contributed by atoms with Gasteiger partial charge in [-0.05, 0) is 36.2 Å². The van der Waals surface area contributed by atoms with Crippen LogP contribution in [0, 0.1) is 0 Å². The maximum atomic E-state index is 12.8.